The fourth-order valence-corrected chi connectivity index (χ4v) is 2.79. The average Bonchev–Trinajstić information content (AvgIpc) is 2.72. The molecule has 0 fully saturated rings. The van der Waals surface area contributed by atoms with Crippen molar-refractivity contribution in [3.8, 4) is 11.3 Å². The lowest BCUT2D eigenvalue weighted by atomic mass is 9.97. The molecule has 0 saturated carbocycles. The first-order valence-corrected chi connectivity index (χ1v) is 6.78. The zero-order chi connectivity index (χ0) is 13.4. The molecule has 6 heteroatoms. The van der Waals surface area contributed by atoms with Crippen LogP contribution in [0.3, 0.4) is 0 Å². The van der Waals surface area contributed by atoms with Crippen LogP contribution < -0.4 is 0 Å². The smallest absolute Gasteiger partial charge is 0.223 e. The molecule has 0 amide bonds. The van der Waals surface area contributed by atoms with Crippen molar-refractivity contribution in [2.75, 3.05) is 0 Å². The van der Waals surface area contributed by atoms with Gasteiger partial charge in [-0.05, 0) is 30.4 Å². The molecule has 2 aromatic heterocycles. The fourth-order valence-electron chi connectivity index (χ4n) is 2.66. The van der Waals surface area contributed by atoms with Gasteiger partial charge in [0.25, 0.3) is 0 Å². The minimum atomic E-state index is -0.461. The van der Waals surface area contributed by atoms with Crippen LogP contribution in [0.4, 0.5) is 4.39 Å². The maximum Gasteiger partial charge on any atom is 0.223 e. The van der Waals surface area contributed by atoms with Gasteiger partial charge in [-0.3, -0.25) is 4.68 Å². The molecule has 2 aromatic rings. The van der Waals surface area contributed by atoms with Gasteiger partial charge in [0.15, 0.2) is 5.82 Å². The van der Waals surface area contributed by atoms with Crippen molar-refractivity contribution in [2.45, 2.75) is 38.6 Å². The van der Waals surface area contributed by atoms with Crippen LogP contribution in [-0.4, -0.2) is 19.7 Å². The van der Waals surface area contributed by atoms with Crippen LogP contribution in [0.5, 0.6) is 0 Å². The van der Waals surface area contributed by atoms with Crippen molar-refractivity contribution < 1.29 is 4.39 Å². The lowest BCUT2D eigenvalue weighted by Crippen LogP contribution is -2.05. The summed E-state index contributed by atoms with van der Waals surface area (Å²) in [6.07, 6.45) is 6.14. The van der Waals surface area contributed by atoms with Gasteiger partial charge in [-0.1, -0.05) is 13.3 Å². The summed E-state index contributed by atoms with van der Waals surface area (Å²) in [5.41, 5.74) is 2.03. The molecule has 0 unspecified atom stereocenters. The first-order valence-electron chi connectivity index (χ1n) is 6.41. The number of halogens is 2. The summed E-state index contributed by atoms with van der Waals surface area (Å²) >= 11 is 5.77. The van der Waals surface area contributed by atoms with E-state index < -0.39 is 5.82 Å². The Balaban J connectivity index is 2.16. The minimum Gasteiger partial charge on any atom is -0.269 e. The van der Waals surface area contributed by atoms with Gasteiger partial charge in [0.2, 0.25) is 5.28 Å². The van der Waals surface area contributed by atoms with E-state index in [1.54, 1.807) is 6.20 Å². The summed E-state index contributed by atoms with van der Waals surface area (Å²) in [4.78, 5) is 7.67. The van der Waals surface area contributed by atoms with Crippen LogP contribution in [-0.2, 0) is 6.54 Å². The summed E-state index contributed by atoms with van der Waals surface area (Å²) in [5.74, 6) is -0.121. The molecule has 3 heterocycles. The van der Waals surface area contributed by atoms with Crippen LogP contribution in [0.15, 0.2) is 12.4 Å². The van der Waals surface area contributed by atoms with Crippen molar-refractivity contribution in [3.05, 3.63) is 29.2 Å². The number of hydrogen-bond acceptors (Lipinski definition) is 3. The van der Waals surface area contributed by atoms with E-state index in [1.165, 1.54) is 0 Å². The van der Waals surface area contributed by atoms with E-state index >= 15 is 0 Å². The van der Waals surface area contributed by atoms with Crippen molar-refractivity contribution in [3.63, 3.8) is 0 Å². The predicted octanol–water partition coefficient (Wildman–Crippen LogP) is 3.42. The van der Waals surface area contributed by atoms with Crippen molar-refractivity contribution in [2.24, 2.45) is 0 Å². The van der Waals surface area contributed by atoms with Gasteiger partial charge >= 0.3 is 0 Å². The molecule has 4 nitrogen and oxygen atoms in total. The second-order valence-corrected chi connectivity index (χ2v) is 5.24. The highest BCUT2D eigenvalue weighted by atomic mass is 35.5. The molecule has 0 spiro atoms. The first kappa shape index (κ1) is 12.5. The normalized spacial score (nSPS) is 19.0. The molecule has 0 radical (unpaired) electrons. The number of fused-ring (bicyclic) bond motifs is 1. The summed E-state index contributed by atoms with van der Waals surface area (Å²) < 4.78 is 15.9. The van der Waals surface area contributed by atoms with Crippen molar-refractivity contribution >= 4 is 11.6 Å². The highest BCUT2D eigenvalue weighted by Gasteiger charge is 2.23. The molecule has 1 aliphatic rings. The van der Waals surface area contributed by atoms with Gasteiger partial charge in [0.1, 0.15) is 5.69 Å². The number of nitrogens with zero attached hydrogens (tertiary/aromatic N) is 4. The number of aromatic nitrogens is 4. The Bertz CT molecular complexity index is 611. The highest BCUT2D eigenvalue weighted by molar-refractivity contribution is 6.28. The Hall–Kier alpha value is -1.49. The molecule has 0 N–H and O–H groups in total. The molecule has 100 valence electrons. The van der Waals surface area contributed by atoms with Crippen molar-refractivity contribution in [1.82, 2.24) is 19.7 Å². The average molecular weight is 281 g/mol. The largest absolute Gasteiger partial charge is 0.269 e. The molecule has 0 bridgehead atoms. The summed E-state index contributed by atoms with van der Waals surface area (Å²) in [6, 6.07) is 0. The molecule has 0 aliphatic carbocycles. The van der Waals surface area contributed by atoms with Gasteiger partial charge in [-0.2, -0.15) is 5.10 Å². The van der Waals surface area contributed by atoms with Crippen LogP contribution >= 0.6 is 11.6 Å². The second kappa shape index (κ2) is 4.89. The molecule has 1 atom stereocenters. The minimum absolute atomic E-state index is 0.0534. The van der Waals surface area contributed by atoms with Gasteiger partial charge < -0.3 is 0 Å². The lowest BCUT2D eigenvalue weighted by molar-refractivity contribution is 0.576. The third-order valence-electron chi connectivity index (χ3n) is 3.57. The molecular formula is C13H14ClFN4. The van der Waals surface area contributed by atoms with E-state index in [0.717, 1.165) is 43.3 Å². The number of hydrogen-bond donors (Lipinski definition) is 0. The van der Waals surface area contributed by atoms with E-state index in [1.807, 2.05) is 4.68 Å². The summed E-state index contributed by atoms with van der Waals surface area (Å²) in [7, 11) is 0. The Morgan fingerprint density at radius 1 is 1.37 bits per heavy atom. The Morgan fingerprint density at radius 2 is 2.21 bits per heavy atom. The van der Waals surface area contributed by atoms with E-state index in [2.05, 4.69) is 22.0 Å². The van der Waals surface area contributed by atoms with Crippen LogP contribution in [0.2, 0.25) is 5.28 Å². The zero-order valence-electron chi connectivity index (χ0n) is 10.6. The molecular weight excluding hydrogens is 267 g/mol. The SMILES string of the molecule is C[C@H]1CCCCn2ncc(-c3nc(Cl)ncc3F)c21. The van der Waals surface area contributed by atoms with E-state index in [0.29, 0.717) is 5.92 Å². The Morgan fingerprint density at radius 3 is 3.05 bits per heavy atom. The molecule has 1 aliphatic heterocycles. The quantitative estimate of drug-likeness (QED) is 0.752. The van der Waals surface area contributed by atoms with Gasteiger partial charge in [-0.15, -0.1) is 0 Å². The predicted molar refractivity (Wildman–Crippen MR) is 70.5 cm³/mol. The van der Waals surface area contributed by atoms with Crippen molar-refractivity contribution in [1.29, 1.82) is 0 Å². The third kappa shape index (κ3) is 2.23. The van der Waals surface area contributed by atoms with E-state index in [9.17, 15) is 4.39 Å². The molecule has 3 rings (SSSR count). The molecule has 0 saturated heterocycles. The zero-order valence-corrected chi connectivity index (χ0v) is 11.4. The number of aryl methyl sites for hydroxylation is 1. The second-order valence-electron chi connectivity index (χ2n) is 4.90. The summed E-state index contributed by atoms with van der Waals surface area (Å²) in [5, 5.41) is 4.41. The maximum absolute atomic E-state index is 13.9. The maximum atomic E-state index is 13.9. The Labute approximate surface area is 115 Å². The first-order chi connectivity index (χ1) is 9.16. The monoisotopic (exact) mass is 280 g/mol. The topological polar surface area (TPSA) is 43.6 Å². The Kier molecular flexibility index (Phi) is 3.22. The lowest BCUT2D eigenvalue weighted by Gasteiger charge is -2.12. The molecule has 0 aromatic carbocycles. The highest BCUT2D eigenvalue weighted by Crippen LogP contribution is 2.34. The van der Waals surface area contributed by atoms with E-state index in [4.69, 9.17) is 11.6 Å². The van der Waals surface area contributed by atoms with Crippen LogP contribution in [0.1, 0.15) is 37.8 Å². The third-order valence-corrected chi connectivity index (χ3v) is 3.76. The number of rotatable bonds is 1. The van der Waals surface area contributed by atoms with Gasteiger partial charge in [-0.25, -0.2) is 14.4 Å². The van der Waals surface area contributed by atoms with Gasteiger partial charge in [0, 0.05) is 12.1 Å². The van der Waals surface area contributed by atoms with Crippen LogP contribution in [0.25, 0.3) is 11.3 Å². The van der Waals surface area contributed by atoms with E-state index in [-0.39, 0.29) is 11.0 Å². The molecule has 19 heavy (non-hydrogen) atoms. The van der Waals surface area contributed by atoms with Crippen LogP contribution in [0, 0.1) is 5.82 Å². The van der Waals surface area contributed by atoms with Gasteiger partial charge in [0.05, 0.1) is 18.1 Å². The fraction of sp³-hybridized carbons (Fsp3) is 0.462. The standard InChI is InChI=1S/C13H14ClFN4/c1-8-4-2-3-5-19-12(8)9(6-17-19)11-10(15)7-16-13(14)18-11/h6-8H,2-5H2,1H3/t8-/m0/s1. The summed E-state index contributed by atoms with van der Waals surface area (Å²) in [6.45, 7) is 3.02.